The maximum Gasteiger partial charge on any atom is 0.337 e. The summed E-state index contributed by atoms with van der Waals surface area (Å²) in [4.78, 5) is 30.5. The van der Waals surface area contributed by atoms with Gasteiger partial charge in [0.2, 0.25) is 10.0 Å². The number of carbonyl (C=O) groups excluding carboxylic acids is 2. The number of benzene rings is 3. The van der Waals surface area contributed by atoms with Gasteiger partial charge in [-0.3, -0.25) is 4.79 Å². The van der Waals surface area contributed by atoms with Gasteiger partial charge in [0.15, 0.2) is 6.10 Å². The molecule has 226 valence electrons. The zero-order valence-corrected chi connectivity index (χ0v) is 26.2. The van der Waals surface area contributed by atoms with E-state index in [0.29, 0.717) is 27.8 Å². The van der Waals surface area contributed by atoms with Crippen LogP contribution in [-0.4, -0.2) is 43.1 Å². The van der Waals surface area contributed by atoms with Crippen molar-refractivity contribution in [2.75, 3.05) is 7.11 Å². The highest BCUT2D eigenvalue weighted by Gasteiger charge is 2.34. The minimum Gasteiger partial charge on any atom is -0.465 e. The number of ether oxygens (including phenoxy) is 2. The third-order valence-electron chi connectivity index (χ3n) is 7.39. The minimum atomic E-state index is -4.02. The molecule has 0 bridgehead atoms. The predicted octanol–water partition coefficient (Wildman–Crippen LogP) is 5.53. The molecule has 43 heavy (non-hydrogen) atoms. The van der Waals surface area contributed by atoms with E-state index in [0.717, 1.165) is 16.8 Å². The van der Waals surface area contributed by atoms with Crippen molar-refractivity contribution in [2.45, 2.75) is 58.6 Å². The summed E-state index contributed by atoms with van der Waals surface area (Å²) in [5.41, 5.74) is 5.79. The van der Waals surface area contributed by atoms with Crippen LogP contribution in [0, 0.1) is 33.6 Å². The summed E-state index contributed by atoms with van der Waals surface area (Å²) >= 11 is 0. The molecule has 2 atom stereocenters. The Morgan fingerprint density at radius 2 is 1.56 bits per heavy atom. The molecule has 0 saturated heterocycles. The smallest absolute Gasteiger partial charge is 0.337 e. The highest BCUT2D eigenvalue weighted by Crippen LogP contribution is 2.36. The van der Waals surface area contributed by atoms with Crippen LogP contribution in [0.2, 0.25) is 0 Å². The highest BCUT2D eigenvalue weighted by atomic mass is 32.2. The molecule has 4 rings (SSSR count). The molecule has 2 unspecified atom stereocenters. The van der Waals surface area contributed by atoms with Gasteiger partial charge in [0, 0.05) is 29.2 Å². The fraction of sp³-hybridized carbons (Fsp3) is 0.303. The van der Waals surface area contributed by atoms with Gasteiger partial charge in [0.1, 0.15) is 6.04 Å². The van der Waals surface area contributed by atoms with E-state index in [1.807, 2.05) is 56.7 Å². The average Bonchev–Trinajstić information content (AvgIpc) is 3.50. The van der Waals surface area contributed by atoms with E-state index in [9.17, 15) is 18.0 Å². The first-order valence-electron chi connectivity index (χ1n) is 13.9. The van der Waals surface area contributed by atoms with Crippen molar-refractivity contribution in [1.29, 1.82) is 0 Å². The molecule has 0 fully saturated rings. The van der Waals surface area contributed by atoms with E-state index in [1.54, 1.807) is 50.6 Å². The van der Waals surface area contributed by atoms with Crippen molar-refractivity contribution in [3.63, 3.8) is 0 Å². The molecule has 1 heterocycles. The van der Waals surface area contributed by atoms with Crippen LogP contribution < -0.4 is 4.72 Å². The third kappa shape index (κ3) is 7.03. The molecule has 1 N–H and O–H groups in total. The van der Waals surface area contributed by atoms with E-state index in [1.165, 1.54) is 19.2 Å². The van der Waals surface area contributed by atoms with Crippen LogP contribution in [0.25, 0.3) is 5.69 Å². The van der Waals surface area contributed by atoms with Crippen molar-refractivity contribution in [2.24, 2.45) is 5.92 Å². The Hall–Kier alpha value is -4.28. The van der Waals surface area contributed by atoms with E-state index < -0.39 is 40.0 Å². The molecule has 0 radical (unpaired) electrons. The number of rotatable bonds is 10. The van der Waals surface area contributed by atoms with Crippen molar-refractivity contribution in [1.82, 2.24) is 14.3 Å². The van der Waals surface area contributed by atoms with Gasteiger partial charge >= 0.3 is 11.9 Å². The fourth-order valence-electron chi connectivity index (χ4n) is 4.98. The number of nitrogens with one attached hydrogen (secondary N) is 1. The van der Waals surface area contributed by atoms with Crippen molar-refractivity contribution in [3.05, 3.63) is 112 Å². The number of sulfonamides is 1. The van der Waals surface area contributed by atoms with Crippen LogP contribution in [0.15, 0.2) is 78.2 Å². The first-order chi connectivity index (χ1) is 20.3. The predicted molar refractivity (Wildman–Crippen MR) is 164 cm³/mol. The second-order valence-corrected chi connectivity index (χ2v) is 12.7. The van der Waals surface area contributed by atoms with Crippen LogP contribution >= 0.6 is 0 Å². The molecule has 0 aliphatic carbocycles. The summed E-state index contributed by atoms with van der Waals surface area (Å²) in [5, 5.41) is 0. The van der Waals surface area contributed by atoms with E-state index in [4.69, 9.17) is 9.47 Å². The zero-order valence-electron chi connectivity index (χ0n) is 25.4. The Morgan fingerprint density at radius 1 is 0.907 bits per heavy atom. The highest BCUT2D eigenvalue weighted by molar-refractivity contribution is 7.89. The lowest BCUT2D eigenvalue weighted by Crippen LogP contribution is -2.45. The van der Waals surface area contributed by atoms with Gasteiger partial charge in [-0.2, -0.15) is 4.72 Å². The Labute approximate surface area is 252 Å². The number of hydrogen-bond donors (Lipinski definition) is 1. The number of carbonyl (C=O) groups is 2. The lowest BCUT2D eigenvalue weighted by Gasteiger charge is -2.28. The van der Waals surface area contributed by atoms with Gasteiger partial charge in [-0.1, -0.05) is 37.6 Å². The second kappa shape index (κ2) is 12.9. The standard InChI is InChI=1S/C33H37N3O6S/c1-20(2)30(35-43(39,40)27-12-8-21(3)9-13-27)33(38)42-31(29-23(5)16-25(17-24(29)6)32(37)41-7)28-18-26(11-10-22(28)4)36-15-14-34-19-36/h8-20,30-31,35H,1-7H3. The van der Waals surface area contributed by atoms with Crippen molar-refractivity contribution < 1.29 is 27.5 Å². The molecule has 0 aliphatic rings. The minimum absolute atomic E-state index is 0.0575. The maximum atomic E-state index is 13.9. The van der Waals surface area contributed by atoms with E-state index >= 15 is 0 Å². The average molecular weight is 604 g/mol. The molecule has 0 amide bonds. The number of hydrogen-bond acceptors (Lipinski definition) is 7. The normalized spacial score (nSPS) is 13.0. The van der Waals surface area contributed by atoms with Crippen LogP contribution in [0.5, 0.6) is 0 Å². The summed E-state index contributed by atoms with van der Waals surface area (Å²) < 4.78 is 42.2. The van der Waals surface area contributed by atoms with Crippen LogP contribution in [-0.2, 0) is 24.3 Å². The Bertz CT molecular complexity index is 1710. The largest absolute Gasteiger partial charge is 0.465 e. The second-order valence-electron chi connectivity index (χ2n) is 11.0. The van der Waals surface area contributed by atoms with Gasteiger partial charge in [-0.05, 0) is 86.7 Å². The van der Waals surface area contributed by atoms with Crippen molar-refractivity contribution in [3.8, 4) is 5.69 Å². The summed E-state index contributed by atoms with van der Waals surface area (Å²) in [6, 6.07) is 14.4. The van der Waals surface area contributed by atoms with Gasteiger partial charge in [0.05, 0.1) is 23.9 Å². The van der Waals surface area contributed by atoms with Crippen LogP contribution in [0.4, 0.5) is 0 Å². The first-order valence-corrected chi connectivity index (χ1v) is 15.4. The summed E-state index contributed by atoms with van der Waals surface area (Å²) in [6.07, 6.45) is 4.25. The van der Waals surface area contributed by atoms with Gasteiger partial charge < -0.3 is 14.0 Å². The monoisotopic (exact) mass is 603 g/mol. The molecule has 4 aromatic rings. The molecule has 0 aliphatic heterocycles. The van der Waals surface area contributed by atoms with Crippen molar-refractivity contribution >= 4 is 22.0 Å². The molecule has 0 spiro atoms. The summed E-state index contributed by atoms with van der Waals surface area (Å²) in [6.45, 7) is 11.0. The lowest BCUT2D eigenvalue weighted by molar-refractivity contribution is -0.150. The van der Waals surface area contributed by atoms with E-state index in [-0.39, 0.29) is 4.90 Å². The van der Waals surface area contributed by atoms with Gasteiger partial charge in [0.25, 0.3) is 0 Å². The fourth-order valence-corrected chi connectivity index (χ4v) is 6.32. The van der Waals surface area contributed by atoms with E-state index in [2.05, 4.69) is 9.71 Å². The molecular formula is C33H37N3O6S. The maximum absolute atomic E-state index is 13.9. The lowest BCUT2D eigenvalue weighted by atomic mass is 9.89. The summed E-state index contributed by atoms with van der Waals surface area (Å²) in [5.74, 6) is -1.62. The molecule has 0 saturated carbocycles. The number of esters is 2. The molecule has 9 nitrogen and oxygen atoms in total. The number of aryl methyl sites for hydroxylation is 4. The number of methoxy groups -OCH3 is 1. The SMILES string of the molecule is COC(=O)c1cc(C)c(C(OC(=O)C(NS(=O)(=O)c2ccc(C)cc2)C(C)C)c2cc(-n3ccnc3)ccc2C)c(C)c1. The number of imidazole rings is 1. The summed E-state index contributed by atoms with van der Waals surface area (Å²) in [7, 11) is -2.70. The Balaban J connectivity index is 1.80. The zero-order chi connectivity index (χ0) is 31.5. The third-order valence-corrected chi connectivity index (χ3v) is 8.85. The quantitative estimate of drug-likeness (QED) is 0.237. The Morgan fingerprint density at radius 3 is 2.12 bits per heavy atom. The van der Waals surface area contributed by atoms with Crippen LogP contribution in [0.3, 0.4) is 0 Å². The Kier molecular flexibility index (Phi) is 9.52. The topological polar surface area (TPSA) is 117 Å². The van der Waals surface area contributed by atoms with Crippen LogP contribution in [0.1, 0.15) is 63.7 Å². The molecule has 10 heteroatoms. The number of nitrogens with zero attached hydrogens (tertiary/aromatic N) is 2. The molecular weight excluding hydrogens is 566 g/mol. The molecule has 1 aromatic heterocycles. The molecule has 3 aromatic carbocycles. The van der Waals surface area contributed by atoms with Gasteiger partial charge in [-0.25, -0.2) is 18.2 Å². The number of aromatic nitrogens is 2. The van der Waals surface area contributed by atoms with Gasteiger partial charge in [-0.15, -0.1) is 0 Å². The first kappa shape index (κ1) is 31.7.